The Morgan fingerprint density at radius 1 is 0.625 bits per heavy atom. The van der Waals surface area contributed by atoms with E-state index in [9.17, 15) is 0 Å². The van der Waals surface area contributed by atoms with Crippen LogP contribution in [0.15, 0.2) is 24.3 Å². The highest BCUT2D eigenvalue weighted by atomic mass is 14.1. The lowest BCUT2D eigenvalue weighted by atomic mass is 9.92. The van der Waals surface area contributed by atoms with E-state index in [2.05, 4.69) is 24.3 Å². The molecule has 0 aliphatic heterocycles. The van der Waals surface area contributed by atoms with Gasteiger partial charge in [0.15, 0.2) is 0 Å². The Balaban J connectivity index is 0. The molecule has 0 radical (unpaired) electrons. The molecular formula is C16H30. The van der Waals surface area contributed by atoms with Crippen LogP contribution < -0.4 is 0 Å². The minimum absolute atomic E-state index is 1.30. The molecule has 16 heavy (non-hydrogen) atoms. The predicted molar refractivity (Wildman–Crippen MR) is 77.1 cm³/mol. The normalized spacial score (nSPS) is 11.4. The molecule has 0 bridgehead atoms. The molecule has 0 heteroatoms. The van der Waals surface area contributed by atoms with E-state index in [1.807, 2.05) is 41.5 Å². The van der Waals surface area contributed by atoms with Gasteiger partial charge in [-0.1, -0.05) is 65.8 Å². The summed E-state index contributed by atoms with van der Waals surface area (Å²) >= 11 is 0. The Morgan fingerprint density at radius 2 is 0.938 bits per heavy atom. The highest BCUT2D eigenvalue weighted by Crippen LogP contribution is 2.19. The fraction of sp³-hybridized carbons (Fsp3) is 0.625. The Morgan fingerprint density at radius 3 is 1.25 bits per heavy atom. The molecule has 1 aliphatic carbocycles. The zero-order valence-corrected chi connectivity index (χ0v) is 12.1. The van der Waals surface area contributed by atoms with Gasteiger partial charge in [0.05, 0.1) is 0 Å². The molecule has 0 fully saturated rings. The molecule has 0 spiro atoms. The summed E-state index contributed by atoms with van der Waals surface area (Å²) in [4.78, 5) is 0. The average molecular weight is 222 g/mol. The first-order valence-electron chi connectivity index (χ1n) is 7.03. The summed E-state index contributed by atoms with van der Waals surface area (Å²) in [6, 6.07) is 8.80. The lowest BCUT2D eigenvalue weighted by molar-refractivity contribution is 0.685. The van der Waals surface area contributed by atoms with Gasteiger partial charge in [-0.05, 0) is 36.8 Å². The van der Waals surface area contributed by atoms with Crippen molar-refractivity contribution in [3.63, 3.8) is 0 Å². The van der Waals surface area contributed by atoms with Crippen LogP contribution in [0.25, 0.3) is 0 Å². The third-order valence-electron chi connectivity index (χ3n) is 2.26. The van der Waals surface area contributed by atoms with Crippen LogP contribution in [0.4, 0.5) is 0 Å². The smallest absolute Gasteiger partial charge is 0.0276 e. The standard InChI is InChI=1S/C10H12.3C2H6/c1-2-6-10-8-4-3-7-9(10)5-1;3*1-2/h1-2,5-6H,3-4,7-8H2;3*1-2H3. The molecule has 0 N–H and O–H groups in total. The zero-order chi connectivity index (χ0) is 12.8. The molecule has 1 aliphatic rings. The van der Waals surface area contributed by atoms with Gasteiger partial charge in [0.2, 0.25) is 0 Å². The third kappa shape index (κ3) is 6.66. The van der Waals surface area contributed by atoms with Crippen LogP contribution in [0.3, 0.4) is 0 Å². The predicted octanol–water partition coefficient (Wildman–Crippen LogP) is 5.64. The topological polar surface area (TPSA) is 0 Å². The van der Waals surface area contributed by atoms with Crippen LogP contribution >= 0.6 is 0 Å². The maximum absolute atomic E-state index is 2.26. The first-order chi connectivity index (χ1) is 7.97. The Bertz CT molecular complexity index is 200. The molecular weight excluding hydrogens is 192 g/mol. The largest absolute Gasteiger partial charge is 0.0683 e. The van der Waals surface area contributed by atoms with Crippen LogP contribution in [0.5, 0.6) is 0 Å². The summed E-state index contributed by atoms with van der Waals surface area (Å²) in [5, 5.41) is 0. The molecule has 0 amide bonds. The molecule has 0 heterocycles. The summed E-state index contributed by atoms with van der Waals surface area (Å²) in [7, 11) is 0. The van der Waals surface area contributed by atoms with Crippen molar-refractivity contribution in [3.8, 4) is 0 Å². The van der Waals surface area contributed by atoms with Crippen molar-refractivity contribution in [2.75, 3.05) is 0 Å². The average Bonchev–Trinajstić information content (AvgIpc) is 2.45. The lowest BCUT2D eigenvalue weighted by Gasteiger charge is -2.13. The second kappa shape index (κ2) is 14.2. The van der Waals surface area contributed by atoms with Gasteiger partial charge in [0, 0.05) is 0 Å². The van der Waals surface area contributed by atoms with E-state index in [1.165, 1.54) is 25.7 Å². The van der Waals surface area contributed by atoms with Crippen molar-refractivity contribution in [1.82, 2.24) is 0 Å². The SMILES string of the molecule is CC.CC.CC.c1ccc2c(c1)CCCC2. The Labute approximate surface area is 103 Å². The summed E-state index contributed by atoms with van der Waals surface area (Å²) in [6.45, 7) is 12.0. The van der Waals surface area contributed by atoms with E-state index in [4.69, 9.17) is 0 Å². The van der Waals surface area contributed by atoms with E-state index in [-0.39, 0.29) is 0 Å². The van der Waals surface area contributed by atoms with E-state index in [0.717, 1.165) is 0 Å². The molecule has 0 aromatic heterocycles. The number of hydrogen-bond acceptors (Lipinski definition) is 0. The van der Waals surface area contributed by atoms with Crippen molar-refractivity contribution < 1.29 is 0 Å². The molecule has 0 nitrogen and oxygen atoms in total. The van der Waals surface area contributed by atoms with Crippen molar-refractivity contribution in [2.24, 2.45) is 0 Å². The van der Waals surface area contributed by atoms with E-state index in [1.54, 1.807) is 11.1 Å². The van der Waals surface area contributed by atoms with Crippen molar-refractivity contribution in [2.45, 2.75) is 67.2 Å². The van der Waals surface area contributed by atoms with Gasteiger partial charge in [0.25, 0.3) is 0 Å². The number of benzene rings is 1. The van der Waals surface area contributed by atoms with Gasteiger partial charge in [-0.15, -0.1) is 0 Å². The van der Waals surface area contributed by atoms with Gasteiger partial charge in [0.1, 0.15) is 0 Å². The minimum Gasteiger partial charge on any atom is -0.0683 e. The van der Waals surface area contributed by atoms with Gasteiger partial charge in [-0.25, -0.2) is 0 Å². The van der Waals surface area contributed by atoms with E-state index < -0.39 is 0 Å². The number of hydrogen-bond donors (Lipinski definition) is 0. The highest BCUT2D eigenvalue weighted by molar-refractivity contribution is 5.28. The van der Waals surface area contributed by atoms with Crippen LogP contribution in [-0.2, 0) is 12.8 Å². The second-order valence-corrected chi connectivity index (χ2v) is 2.98. The van der Waals surface area contributed by atoms with Crippen molar-refractivity contribution >= 4 is 0 Å². The number of fused-ring (bicyclic) bond motifs is 1. The molecule has 94 valence electrons. The summed E-state index contributed by atoms with van der Waals surface area (Å²) in [5.74, 6) is 0. The molecule has 0 unspecified atom stereocenters. The van der Waals surface area contributed by atoms with Gasteiger partial charge >= 0.3 is 0 Å². The molecule has 1 aromatic carbocycles. The van der Waals surface area contributed by atoms with Crippen LogP contribution in [0.1, 0.15) is 65.5 Å². The fourth-order valence-electron chi connectivity index (χ4n) is 1.68. The first kappa shape index (κ1) is 17.6. The Kier molecular flexibility index (Phi) is 15.7. The van der Waals surface area contributed by atoms with Gasteiger partial charge < -0.3 is 0 Å². The lowest BCUT2D eigenvalue weighted by Crippen LogP contribution is -2.00. The first-order valence-corrected chi connectivity index (χ1v) is 7.03. The summed E-state index contributed by atoms with van der Waals surface area (Å²) < 4.78 is 0. The molecule has 1 aromatic rings. The third-order valence-corrected chi connectivity index (χ3v) is 2.26. The zero-order valence-electron chi connectivity index (χ0n) is 12.1. The number of aryl methyl sites for hydroxylation is 2. The van der Waals surface area contributed by atoms with Crippen molar-refractivity contribution in [1.29, 1.82) is 0 Å². The van der Waals surface area contributed by atoms with Crippen LogP contribution in [-0.4, -0.2) is 0 Å². The maximum Gasteiger partial charge on any atom is -0.0276 e. The molecule has 0 atom stereocenters. The van der Waals surface area contributed by atoms with E-state index in [0.29, 0.717) is 0 Å². The summed E-state index contributed by atoms with van der Waals surface area (Å²) in [6.07, 6.45) is 5.38. The van der Waals surface area contributed by atoms with Crippen molar-refractivity contribution in [3.05, 3.63) is 35.4 Å². The highest BCUT2D eigenvalue weighted by Gasteiger charge is 2.05. The monoisotopic (exact) mass is 222 g/mol. The number of rotatable bonds is 0. The van der Waals surface area contributed by atoms with Gasteiger partial charge in [-0.3, -0.25) is 0 Å². The van der Waals surface area contributed by atoms with Crippen LogP contribution in [0, 0.1) is 0 Å². The maximum atomic E-state index is 2.26. The Hall–Kier alpha value is -0.780. The van der Waals surface area contributed by atoms with Gasteiger partial charge in [-0.2, -0.15) is 0 Å². The molecule has 0 saturated carbocycles. The quantitative estimate of drug-likeness (QED) is 0.532. The summed E-state index contributed by atoms with van der Waals surface area (Å²) in [5.41, 5.74) is 3.16. The molecule has 0 saturated heterocycles. The van der Waals surface area contributed by atoms with Crippen LogP contribution in [0.2, 0.25) is 0 Å². The molecule has 2 rings (SSSR count). The van der Waals surface area contributed by atoms with E-state index >= 15 is 0 Å². The fourth-order valence-corrected chi connectivity index (χ4v) is 1.68. The minimum atomic E-state index is 1.30. The second-order valence-electron chi connectivity index (χ2n) is 2.98.